The van der Waals surface area contributed by atoms with Crippen LogP contribution in [0.2, 0.25) is 10.0 Å². The summed E-state index contributed by atoms with van der Waals surface area (Å²) in [7, 11) is 2.98. The highest BCUT2D eigenvalue weighted by atomic mass is 127. The van der Waals surface area contributed by atoms with Gasteiger partial charge in [0.1, 0.15) is 6.61 Å². The second-order valence-corrected chi connectivity index (χ2v) is 10.7. The highest BCUT2D eigenvalue weighted by Gasteiger charge is 2.30. The monoisotopic (exact) mass is 652 g/mol. The number of ether oxygens (including phenoxy) is 2. The molecule has 0 atom stereocenters. The Kier molecular flexibility index (Phi) is 8.61. The van der Waals surface area contributed by atoms with Gasteiger partial charge in [0.25, 0.3) is 5.91 Å². The molecule has 0 aliphatic carbocycles. The van der Waals surface area contributed by atoms with Crippen molar-refractivity contribution >= 4 is 86.4 Å². The number of aliphatic imine (C=N–C) groups is 1. The Bertz CT molecular complexity index is 1350. The lowest BCUT2D eigenvalue weighted by Crippen LogP contribution is -2.23. The summed E-state index contributed by atoms with van der Waals surface area (Å²) in [6.45, 7) is 0.330. The van der Waals surface area contributed by atoms with Gasteiger partial charge in [-0.25, -0.2) is 9.79 Å². The third-order valence-corrected chi connectivity index (χ3v) is 7.47. The molecule has 0 bridgehead atoms. The molecule has 0 spiro atoms. The van der Waals surface area contributed by atoms with Crippen LogP contribution in [0, 0.1) is 3.57 Å². The van der Waals surface area contributed by atoms with Crippen molar-refractivity contribution in [3.63, 3.8) is 0 Å². The van der Waals surface area contributed by atoms with E-state index in [0.717, 1.165) is 9.13 Å². The Hall–Kier alpha value is -2.53. The highest BCUT2D eigenvalue weighted by Crippen LogP contribution is 2.38. The first-order valence-corrected chi connectivity index (χ1v) is 13.2. The number of carbonyl (C=O) groups is 2. The van der Waals surface area contributed by atoms with Crippen LogP contribution >= 0.6 is 57.6 Å². The van der Waals surface area contributed by atoms with Gasteiger partial charge < -0.3 is 9.47 Å². The lowest BCUT2D eigenvalue weighted by molar-refractivity contribution is -0.121. The molecule has 10 heteroatoms. The van der Waals surface area contributed by atoms with Gasteiger partial charge >= 0.3 is 5.97 Å². The van der Waals surface area contributed by atoms with Gasteiger partial charge in [-0.05, 0) is 100 Å². The quantitative estimate of drug-likeness (QED) is 0.160. The van der Waals surface area contributed by atoms with Gasteiger partial charge in [-0.3, -0.25) is 9.69 Å². The third kappa shape index (κ3) is 6.23. The van der Waals surface area contributed by atoms with Crippen LogP contribution in [0.1, 0.15) is 21.5 Å². The van der Waals surface area contributed by atoms with Crippen molar-refractivity contribution < 1.29 is 19.1 Å². The fourth-order valence-corrected chi connectivity index (χ4v) is 5.20. The minimum absolute atomic E-state index is 0.198. The number of benzene rings is 3. The van der Waals surface area contributed by atoms with E-state index in [9.17, 15) is 9.59 Å². The van der Waals surface area contributed by atoms with Gasteiger partial charge in [0.05, 0.1) is 33.3 Å². The summed E-state index contributed by atoms with van der Waals surface area (Å²) < 4.78 is 11.7. The zero-order chi connectivity index (χ0) is 25.8. The molecule has 1 amide bonds. The number of thioether (sulfide) groups is 1. The summed E-state index contributed by atoms with van der Waals surface area (Å²) in [5, 5.41) is 1.21. The smallest absolute Gasteiger partial charge is 0.337 e. The summed E-state index contributed by atoms with van der Waals surface area (Å²) in [5.41, 5.74) is 2.69. The Morgan fingerprint density at radius 3 is 2.33 bits per heavy atom. The Balaban J connectivity index is 1.51. The predicted octanol–water partition coefficient (Wildman–Crippen LogP) is 7.20. The van der Waals surface area contributed by atoms with E-state index in [4.69, 9.17) is 32.7 Å². The first-order chi connectivity index (χ1) is 17.2. The molecule has 0 aromatic heterocycles. The van der Waals surface area contributed by atoms with Crippen molar-refractivity contribution in [1.82, 2.24) is 4.90 Å². The fourth-order valence-electron chi connectivity index (χ4n) is 3.24. The number of halogens is 3. The lowest BCUT2D eigenvalue weighted by atomic mass is 10.2. The van der Waals surface area contributed by atoms with Crippen LogP contribution < -0.4 is 4.74 Å². The predicted molar refractivity (Wildman–Crippen MR) is 153 cm³/mol. The maximum Gasteiger partial charge on any atom is 0.337 e. The SMILES string of the molecule is COC(=O)c1ccc(N=C2SC(=Cc3cc(Cl)c(OCc4ccc(I)cc4)c(Cl)c3)C(=O)N2C)cc1. The Morgan fingerprint density at radius 1 is 1.08 bits per heavy atom. The van der Waals surface area contributed by atoms with Gasteiger partial charge in [0.2, 0.25) is 0 Å². The maximum atomic E-state index is 12.8. The second kappa shape index (κ2) is 11.7. The summed E-state index contributed by atoms with van der Waals surface area (Å²) in [5.74, 6) is -0.235. The molecule has 1 fully saturated rings. The van der Waals surface area contributed by atoms with E-state index in [2.05, 4.69) is 27.6 Å². The molecule has 0 saturated carbocycles. The first kappa shape index (κ1) is 26.5. The van der Waals surface area contributed by atoms with Crippen LogP contribution in [-0.4, -0.2) is 36.1 Å². The van der Waals surface area contributed by atoms with Gasteiger partial charge in [-0.1, -0.05) is 35.3 Å². The zero-order valence-electron chi connectivity index (χ0n) is 19.1. The summed E-state index contributed by atoms with van der Waals surface area (Å²) in [6, 6.07) is 18.0. The molecule has 4 rings (SSSR count). The van der Waals surface area contributed by atoms with Crippen LogP contribution in [-0.2, 0) is 16.1 Å². The van der Waals surface area contributed by atoms with Crippen LogP contribution in [0.25, 0.3) is 6.08 Å². The van der Waals surface area contributed by atoms with E-state index in [-0.39, 0.29) is 5.91 Å². The van der Waals surface area contributed by atoms with Crippen molar-refractivity contribution in [2.24, 2.45) is 4.99 Å². The minimum atomic E-state index is -0.425. The molecular weight excluding hydrogens is 634 g/mol. The molecule has 36 heavy (non-hydrogen) atoms. The number of likely N-dealkylation sites (N-methyl/N-ethyl adjacent to an activating group) is 1. The number of nitrogens with zero attached hydrogens (tertiary/aromatic N) is 2. The molecule has 0 radical (unpaired) electrons. The average Bonchev–Trinajstić information content (AvgIpc) is 3.12. The minimum Gasteiger partial charge on any atom is -0.486 e. The van der Waals surface area contributed by atoms with Crippen molar-refractivity contribution in [1.29, 1.82) is 0 Å². The van der Waals surface area contributed by atoms with Crippen LogP contribution in [0.3, 0.4) is 0 Å². The second-order valence-electron chi connectivity index (χ2n) is 7.64. The molecule has 1 aliphatic rings. The lowest BCUT2D eigenvalue weighted by Gasteiger charge is -2.11. The molecule has 0 unspecified atom stereocenters. The molecule has 1 heterocycles. The number of amidine groups is 1. The van der Waals surface area contributed by atoms with Crippen molar-refractivity contribution in [3.8, 4) is 5.75 Å². The van der Waals surface area contributed by atoms with E-state index in [1.807, 2.05) is 24.3 Å². The first-order valence-electron chi connectivity index (χ1n) is 10.6. The largest absolute Gasteiger partial charge is 0.486 e. The Labute approximate surface area is 236 Å². The number of hydrogen-bond acceptors (Lipinski definition) is 6. The van der Waals surface area contributed by atoms with Crippen LogP contribution in [0.4, 0.5) is 5.69 Å². The zero-order valence-corrected chi connectivity index (χ0v) is 23.6. The molecule has 3 aromatic carbocycles. The molecular formula is C26H19Cl2IN2O4S. The number of hydrogen-bond donors (Lipinski definition) is 0. The molecule has 184 valence electrons. The van der Waals surface area contributed by atoms with E-state index >= 15 is 0 Å². The van der Waals surface area contributed by atoms with Gasteiger partial charge in [-0.2, -0.15) is 0 Å². The summed E-state index contributed by atoms with van der Waals surface area (Å²) in [6.07, 6.45) is 1.72. The normalized spacial score (nSPS) is 15.6. The van der Waals surface area contributed by atoms with E-state index in [1.165, 1.54) is 23.8 Å². The van der Waals surface area contributed by atoms with Gasteiger partial charge in [-0.15, -0.1) is 0 Å². The molecule has 1 aliphatic heterocycles. The molecule has 0 N–H and O–H groups in total. The van der Waals surface area contributed by atoms with Crippen LogP contribution in [0.5, 0.6) is 5.75 Å². The van der Waals surface area contributed by atoms with Crippen LogP contribution in [0.15, 0.2) is 70.6 Å². The van der Waals surface area contributed by atoms with Crippen molar-refractivity contribution in [2.45, 2.75) is 6.61 Å². The average molecular weight is 653 g/mol. The highest BCUT2D eigenvalue weighted by molar-refractivity contribution is 14.1. The molecule has 6 nitrogen and oxygen atoms in total. The topological polar surface area (TPSA) is 68.2 Å². The third-order valence-electron chi connectivity index (χ3n) is 5.13. The summed E-state index contributed by atoms with van der Waals surface area (Å²) in [4.78, 5) is 30.9. The number of carbonyl (C=O) groups excluding carboxylic acids is 2. The van der Waals surface area contributed by atoms with Crippen molar-refractivity contribution in [3.05, 3.63) is 95.9 Å². The summed E-state index contributed by atoms with van der Waals surface area (Å²) >= 11 is 16.4. The van der Waals surface area contributed by atoms with E-state index in [0.29, 0.717) is 49.3 Å². The van der Waals surface area contributed by atoms with E-state index < -0.39 is 5.97 Å². The Morgan fingerprint density at radius 2 is 1.72 bits per heavy atom. The number of amides is 1. The van der Waals surface area contributed by atoms with E-state index in [1.54, 1.807) is 49.5 Å². The number of esters is 1. The van der Waals surface area contributed by atoms with Gasteiger partial charge in [0.15, 0.2) is 10.9 Å². The molecule has 3 aromatic rings. The standard InChI is InChI=1S/C26H19Cl2IN2O4S/c1-31-24(32)22(36-26(31)30-19-9-5-17(6-10-19)25(33)34-2)13-16-11-20(27)23(21(28)12-16)35-14-15-3-7-18(29)8-4-15/h3-13H,14H2,1-2H3. The fraction of sp³-hybridized carbons (Fsp3) is 0.115. The number of rotatable bonds is 6. The maximum absolute atomic E-state index is 12.8. The molecule has 1 saturated heterocycles. The van der Waals surface area contributed by atoms with Gasteiger partial charge in [0, 0.05) is 10.6 Å². The number of methoxy groups -OCH3 is 1. The van der Waals surface area contributed by atoms with Crippen molar-refractivity contribution in [2.75, 3.05) is 14.2 Å².